The van der Waals surface area contributed by atoms with E-state index >= 15 is 0 Å². The third-order valence-corrected chi connectivity index (χ3v) is 5.51. The first kappa shape index (κ1) is 22.6. The summed E-state index contributed by atoms with van der Waals surface area (Å²) >= 11 is 0. The van der Waals surface area contributed by atoms with Gasteiger partial charge in [0.05, 0.1) is 17.1 Å². The summed E-state index contributed by atoms with van der Waals surface area (Å²) in [7, 11) is 0. The molecule has 0 unspecified atom stereocenters. The van der Waals surface area contributed by atoms with Gasteiger partial charge in [0.2, 0.25) is 5.91 Å². The number of rotatable bonds is 8. The number of hydrogen-bond donors (Lipinski definition) is 2. The molecule has 3 rings (SSSR count). The van der Waals surface area contributed by atoms with Crippen LogP contribution in [0.15, 0.2) is 41.2 Å². The molecule has 1 atom stereocenters. The second-order valence-electron chi connectivity index (χ2n) is 8.66. The number of pyridine rings is 1. The molecule has 0 saturated carbocycles. The van der Waals surface area contributed by atoms with Gasteiger partial charge in [-0.25, -0.2) is 4.98 Å². The lowest BCUT2D eigenvalue weighted by Gasteiger charge is -2.25. The Kier molecular flexibility index (Phi) is 6.83. The number of aromatic hydroxyl groups is 1. The van der Waals surface area contributed by atoms with Gasteiger partial charge in [-0.2, -0.15) is 0 Å². The van der Waals surface area contributed by atoms with Gasteiger partial charge in [0.15, 0.2) is 0 Å². The Bertz CT molecular complexity index is 1130. The number of carbonyl (C=O) groups is 1. The second kappa shape index (κ2) is 9.37. The lowest BCUT2D eigenvalue weighted by atomic mass is 10.0. The Morgan fingerprint density at radius 1 is 1.16 bits per heavy atom. The maximum Gasteiger partial charge on any atom is 0.254 e. The van der Waals surface area contributed by atoms with Crippen LogP contribution in [-0.2, 0) is 11.3 Å². The van der Waals surface area contributed by atoms with E-state index in [1.54, 1.807) is 17.6 Å². The summed E-state index contributed by atoms with van der Waals surface area (Å²) in [6.07, 6.45) is 0.834. The second-order valence-corrected chi connectivity index (χ2v) is 8.66. The molecule has 1 aromatic carbocycles. The number of benzene rings is 1. The molecule has 3 aromatic rings. The van der Waals surface area contributed by atoms with E-state index in [0.717, 1.165) is 16.9 Å². The van der Waals surface area contributed by atoms with Crippen LogP contribution >= 0.6 is 0 Å². The van der Waals surface area contributed by atoms with Gasteiger partial charge in [0, 0.05) is 30.8 Å². The molecule has 31 heavy (non-hydrogen) atoms. The van der Waals surface area contributed by atoms with Crippen molar-refractivity contribution in [1.29, 1.82) is 0 Å². The molecule has 7 heteroatoms. The zero-order chi connectivity index (χ0) is 22.7. The van der Waals surface area contributed by atoms with Crippen molar-refractivity contribution in [1.82, 2.24) is 19.4 Å². The van der Waals surface area contributed by atoms with Crippen LogP contribution in [0.4, 0.5) is 0 Å². The zero-order valence-corrected chi connectivity index (χ0v) is 18.9. The van der Waals surface area contributed by atoms with Gasteiger partial charge >= 0.3 is 0 Å². The predicted molar refractivity (Wildman–Crippen MR) is 122 cm³/mol. The number of para-hydroxylation sites is 2. The van der Waals surface area contributed by atoms with Crippen LogP contribution in [0.5, 0.6) is 5.75 Å². The highest BCUT2D eigenvalue weighted by Gasteiger charge is 2.25. The van der Waals surface area contributed by atoms with Crippen LogP contribution in [0.2, 0.25) is 0 Å². The molecular weight excluding hydrogens is 392 g/mol. The van der Waals surface area contributed by atoms with Crippen LogP contribution in [0, 0.1) is 12.8 Å². The molecular formula is C24H32N4O3. The zero-order valence-electron chi connectivity index (χ0n) is 18.9. The average molecular weight is 425 g/mol. The standard InChI is InChI=1S/C24H32N4O3/c1-15(2)23(24-25-19-9-6-7-10-20(19)28(24)16(3)4)26-21(30)11-8-12-27-17(5)13-18(29)14-22(27)31/h6-7,9-10,13-16,23,29H,8,11-12H2,1-5H3,(H,26,30)/t23-/m0/s1. The highest BCUT2D eigenvalue weighted by atomic mass is 16.3. The van der Waals surface area contributed by atoms with Gasteiger partial charge in [-0.15, -0.1) is 0 Å². The Labute approximate surface area is 182 Å². The fourth-order valence-electron chi connectivity index (χ4n) is 4.00. The molecule has 0 fully saturated rings. The first-order valence-electron chi connectivity index (χ1n) is 10.9. The first-order valence-corrected chi connectivity index (χ1v) is 10.9. The summed E-state index contributed by atoms with van der Waals surface area (Å²) in [6.45, 7) is 10.6. The van der Waals surface area contributed by atoms with Crippen molar-refractivity contribution in [3.8, 4) is 5.75 Å². The number of amides is 1. The topological polar surface area (TPSA) is 89.2 Å². The Morgan fingerprint density at radius 2 is 1.87 bits per heavy atom. The molecule has 2 N–H and O–H groups in total. The Balaban J connectivity index is 1.74. The minimum atomic E-state index is -0.261. The molecule has 2 heterocycles. The number of hydrogen-bond acceptors (Lipinski definition) is 4. The lowest BCUT2D eigenvalue weighted by Crippen LogP contribution is -2.34. The van der Waals surface area contributed by atoms with Crippen molar-refractivity contribution in [3.05, 3.63) is 58.3 Å². The number of nitrogens with one attached hydrogen (secondary N) is 1. The summed E-state index contributed by atoms with van der Waals surface area (Å²) in [5.74, 6) is 0.931. The van der Waals surface area contributed by atoms with Gasteiger partial charge in [-0.3, -0.25) is 9.59 Å². The summed E-state index contributed by atoms with van der Waals surface area (Å²) in [5, 5.41) is 12.7. The molecule has 2 aromatic heterocycles. The van der Waals surface area contributed by atoms with Crippen molar-refractivity contribution >= 4 is 16.9 Å². The highest BCUT2D eigenvalue weighted by Crippen LogP contribution is 2.28. The van der Waals surface area contributed by atoms with E-state index in [9.17, 15) is 14.7 Å². The molecule has 1 amide bonds. The Morgan fingerprint density at radius 3 is 2.52 bits per heavy atom. The van der Waals surface area contributed by atoms with E-state index in [2.05, 4.69) is 43.6 Å². The molecule has 166 valence electrons. The first-order chi connectivity index (χ1) is 14.7. The third kappa shape index (κ3) is 4.98. The molecule has 7 nitrogen and oxygen atoms in total. The highest BCUT2D eigenvalue weighted by molar-refractivity contribution is 5.78. The SMILES string of the molecule is Cc1cc(O)cc(=O)n1CCCC(=O)N[C@H](c1nc2ccccc2n1C(C)C)C(C)C. The fraction of sp³-hybridized carbons (Fsp3) is 0.458. The Hall–Kier alpha value is -3.09. The number of imidazole rings is 1. The van der Waals surface area contributed by atoms with E-state index in [1.165, 1.54) is 6.07 Å². The smallest absolute Gasteiger partial charge is 0.254 e. The lowest BCUT2D eigenvalue weighted by molar-refractivity contribution is -0.122. The number of nitrogens with zero attached hydrogens (tertiary/aromatic N) is 3. The van der Waals surface area contributed by atoms with Crippen LogP contribution in [0.3, 0.4) is 0 Å². The van der Waals surface area contributed by atoms with Gasteiger partial charge < -0.3 is 19.6 Å². The summed E-state index contributed by atoms with van der Waals surface area (Å²) in [4.78, 5) is 29.7. The normalized spacial score (nSPS) is 12.6. The minimum absolute atomic E-state index is 0.0377. The molecule has 0 radical (unpaired) electrons. The van der Waals surface area contributed by atoms with Crippen molar-refractivity contribution in [2.75, 3.05) is 0 Å². The summed E-state index contributed by atoms with van der Waals surface area (Å²) in [5.41, 5.74) is 2.41. The largest absolute Gasteiger partial charge is 0.508 e. The number of aryl methyl sites for hydroxylation is 1. The van der Waals surface area contributed by atoms with Gasteiger partial charge in [0.25, 0.3) is 5.56 Å². The van der Waals surface area contributed by atoms with E-state index in [1.807, 2.05) is 18.2 Å². The molecule has 0 saturated heterocycles. The minimum Gasteiger partial charge on any atom is -0.508 e. The quantitative estimate of drug-likeness (QED) is 0.570. The van der Waals surface area contributed by atoms with Crippen LogP contribution in [-0.4, -0.2) is 25.1 Å². The number of carbonyl (C=O) groups excluding carboxylic acids is 1. The molecule has 0 aliphatic heterocycles. The number of fused-ring (bicyclic) bond motifs is 1. The summed E-state index contributed by atoms with van der Waals surface area (Å²) in [6, 6.07) is 10.8. The van der Waals surface area contributed by atoms with Crippen molar-refractivity contribution in [2.24, 2.45) is 5.92 Å². The predicted octanol–water partition coefficient (Wildman–Crippen LogP) is 4.09. The van der Waals surface area contributed by atoms with Crippen molar-refractivity contribution < 1.29 is 9.90 Å². The van der Waals surface area contributed by atoms with Crippen molar-refractivity contribution in [2.45, 2.75) is 66.1 Å². The van der Waals surface area contributed by atoms with E-state index in [-0.39, 0.29) is 35.2 Å². The maximum absolute atomic E-state index is 12.8. The van der Waals surface area contributed by atoms with Crippen LogP contribution < -0.4 is 10.9 Å². The summed E-state index contributed by atoms with van der Waals surface area (Å²) < 4.78 is 3.77. The van der Waals surface area contributed by atoms with Crippen LogP contribution in [0.1, 0.15) is 64.1 Å². The fourth-order valence-corrected chi connectivity index (χ4v) is 4.00. The molecule has 0 bridgehead atoms. The van der Waals surface area contributed by atoms with Gasteiger partial charge in [-0.05, 0) is 51.3 Å². The number of aromatic nitrogens is 3. The van der Waals surface area contributed by atoms with Crippen LogP contribution in [0.25, 0.3) is 11.0 Å². The molecule has 0 aliphatic rings. The monoisotopic (exact) mass is 424 g/mol. The van der Waals surface area contributed by atoms with Gasteiger partial charge in [-0.1, -0.05) is 26.0 Å². The van der Waals surface area contributed by atoms with Crippen molar-refractivity contribution in [3.63, 3.8) is 0 Å². The molecule has 0 aliphatic carbocycles. The molecule has 0 spiro atoms. The van der Waals surface area contributed by atoms with E-state index < -0.39 is 0 Å². The van der Waals surface area contributed by atoms with E-state index in [0.29, 0.717) is 25.1 Å². The average Bonchev–Trinajstić information content (AvgIpc) is 3.07. The third-order valence-electron chi connectivity index (χ3n) is 5.51. The van der Waals surface area contributed by atoms with Gasteiger partial charge in [0.1, 0.15) is 11.6 Å². The van der Waals surface area contributed by atoms with E-state index in [4.69, 9.17) is 4.98 Å². The maximum atomic E-state index is 12.8.